The second-order valence-corrected chi connectivity index (χ2v) is 10.9. The van der Waals surface area contributed by atoms with Crippen molar-refractivity contribution in [3.05, 3.63) is 65.6 Å². The first-order valence-electron chi connectivity index (χ1n) is 12.9. The summed E-state index contributed by atoms with van der Waals surface area (Å²) in [6.45, 7) is 1.65. The first-order valence-corrected chi connectivity index (χ1v) is 13.7. The first-order chi connectivity index (χ1) is 19.1. The summed E-state index contributed by atoms with van der Waals surface area (Å²) in [6, 6.07) is 6.85. The van der Waals surface area contributed by atoms with Gasteiger partial charge in [-0.1, -0.05) is 12.8 Å². The Morgan fingerprint density at radius 3 is 2.77 bits per heavy atom. The van der Waals surface area contributed by atoms with Gasteiger partial charge in [-0.15, -0.1) is 11.3 Å². The normalized spacial score (nSPS) is 14.2. The molecule has 8 nitrogen and oxygen atoms in total. The fourth-order valence-electron chi connectivity index (χ4n) is 5.38. The molecular formula is C28H24F2N8S. The average Bonchev–Trinajstić information content (AvgIpc) is 3.75. The minimum Gasteiger partial charge on any atom is -0.335 e. The maximum Gasteiger partial charge on any atom is 0.178 e. The summed E-state index contributed by atoms with van der Waals surface area (Å²) in [4.78, 5) is 21.6. The lowest BCUT2D eigenvalue weighted by molar-refractivity contribution is 0.489. The number of imidazole rings is 1. The molecule has 6 aromatic rings. The summed E-state index contributed by atoms with van der Waals surface area (Å²) < 4.78 is 29.8. The van der Waals surface area contributed by atoms with Crippen molar-refractivity contribution in [2.75, 3.05) is 6.54 Å². The van der Waals surface area contributed by atoms with Gasteiger partial charge in [-0.2, -0.15) is 9.49 Å². The van der Waals surface area contributed by atoms with Gasteiger partial charge >= 0.3 is 0 Å². The van der Waals surface area contributed by atoms with Crippen LogP contribution in [0.4, 0.5) is 8.78 Å². The molecule has 0 aromatic carbocycles. The molecule has 196 valence electrons. The van der Waals surface area contributed by atoms with Crippen molar-refractivity contribution in [3.63, 3.8) is 0 Å². The molecule has 0 amide bonds. The van der Waals surface area contributed by atoms with Crippen molar-refractivity contribution in [1.29, 1.82) is 0 Å². The predicted octanol–water partition coefficient (Wildman–Crippen LogP) is 6.24. The van der Waals surface area contributed by atoms with Crippen LogP contribution in [0.15, 0.2) is 49.1 Å². The van der Waals surface area contributed by atoms with Gasteiger partial charge in [0, 0.05) is 41.1 Å². The van der Waals surface area contributed by atoms with Crippen molar-refractivity contribution >= 4 is 33.4 Å². The van der Waals surface area contributed by atoms with E-state index in [9.17, 15) is 4.39 Å². The molecule has 0 spiro atoms. The molecule has 1 fully saturated rings. The Hall–Kier alpha value is -4.09. The summed E-state index contributed by atoms with van der Waals surface area (Å²) in [6.07, 6.45) is 11.8. The summed E-state index contributed by atoms with van der Waals surface area (Å²) in [7, 11) is 0. The number of pyridine rings is 3. The third-order valence-electron chi connectivity index (χ3n) is 7.30. The van der Waals surface area contributed by atoms with Crippen LogP contribution in [0, 0.1) is 16.9 Å². The molecule has 0 atom stereocenters. The number of nitrogens with zero attached hydrogens (tertiary/aromatic N) is 5. The van der Waals surface area contributed by atoms with E-state index in [2.05, 4.69) is 40.4 Å². The smallest absolute Gasteiger partial charge is 0.178 e. The van der Waals surface area contributed by atoms with E-state index in [-0.39, 0.29) is 16.2 Å². The van der Waals surface area contributed by atoms with Crippen LogP contribution in [-0.2, 0) is 6.54 Å². The molecule has 11 heteroatoms. The third-order valence-corrected chi connectivity index (χ3v) is 8.21. The van der Waals surface area contributed by atoms with Gasteiger partial charge in [-0.3, -0.25) is 15.1 Å². The molecule has 3 N–H and O–H groups in total. The van der Waals surface area contributed by atoms with E-state index in [4.69, 9.17) is 0 Å². The van der Waals surface area contributed by atoms with E-state index in [1.807, 2.05) is 6.07 Å². The summed E-state index contributed by atoms with van der Waals surface area (Å²) in [5.41, 5.74) is 4.35. The van der Waals surface area contributed by atoms with E-state index in [1.165, 1.54) is 31.7 Å². The highest BCUT2D eigenvalue weighted by atomic mass is 32.1. The van der Waals surface area contributed by atoms with Crippen LogP contribution in [0.3, 0.4) is 0 Å². The van der Waals surface area contributed by atoms with Crippen LogP contribution in [0.1, 0.15) is 31.2 Å². The molecule has 0 saturated heterocycles. The van der Waals surface area contributed by atoms with Gasteiger partial charge in [-0.05, 0) is 55.1 Å². The monoisotopic (exact) mass is 542 g/mol. The topological polar surface area (TPSA) is 108 Å². The fourth-order valence-corrected chi connectivity index (χ4v) is 6.15. The molecule has 6 aromatic heterocycles. The Morgan fingerprint density at radius 2 is 1.92 bits per heavy atom. The zero-order valence-electron chi connectivity index (χ0n) is 20.8. The Bertz CT molecular complexity index is 1800. The Labute approximate surface area is 226 Å². The summed E-state index contributed by atoms with van der Waals surface area (Å²) >= 11 is 1.04. The molecule has 0 aliphatic heterocycles. The van der Waals surface area contributed by atoms with Crippen molar-refractivity contribution in [1.82, 2.24) is 40.4 Å². The van der Waals surface area contributed by atoms with Crippen LogP contribution >= 0.6 is 11.3 Å². The number of H-pyrrole nitrogens is 2. The van der Waals surface area contributed by atoms with E-state index in [0.29, 0.717) is 40.3 Å². The highest BCUT2D eigenvalue weighted by Gasteiger charge is 2.22. The van der Waals surface area contributed by atoms with Crippen LogP contribution in [0.5, 0.6) is 0 Å². The van der Waals surface area contributed by atoms with Crippen LogP contribution in [-0.4, -0.2) is 41.7 Å². The summed E-state index contributed by atoms with van der Waals surface area (Å²) in [5, 5.41) is 10.7. The van der Waals surface area contributed by atoms with Gasteiger partial charge in [0.1, 0.15) is 11.4 Å². The van der Waals surface area contributed by atoms with Crippen molar-refractivity contribution < 1.29 is 8.78 Å². The van der Waals surface area contributed by atoms with E-state index < -0.39 is 5.82 Å². The van der Waals surface area contributed by atoms with E-state index in [1.54, 1.807) is 36.9 Å². The Balaban J connectivity index is 1.23. The minimum absolute atomic E-state index is 0.194. The van der Waals surface area contributed by atoms with Crippen molar-refractivity contribution in [2.45, 2.75) is 32.2 Å². The number of aromatic amines is 2. The summed E-state index contributed by atoms with van der Waals surface area (Å²) in [5.74, 6) is 0.577. The Morgan fingerprint density at radius 1 is 1.03 bits per heavy atom. The van der Waals surface area contributed by atoms with Crippen LogP contribution < -0.4 is 5.32 Å². The van der Waals surface area contributed by atoms with E-state index >= 15 is 4.39 Å². The number of nitrogens with one attached hydrogen (secondary N) is 3. The molecule has 0 bridgehead atoms. The fraction of sp³-hybridized carbons (Fsp3) is 0.250. The van der Waals surface area contributed by atoms with Gasteiger partial charge in [-0.25, -0.2) is 14.4 Å². The molecule has 1 aliphatic carbocycles. The molecule has 0 unspecified atom stereocenters. The molecule has 1 aliphatic rings. The SMILES string of the molecule is Fc1ccc(-c2ccnc3nc(-c4n[nH]c5cnc(-c6cncc(CNCC7CCCC7)c6)c(F)c45)[nH]c23)s1. The molecule has 0 radical (unpaired) electrons. The third kappa shape index (κ3) is 4.47. The highest BCUT2D eigenvalue weighted by Crippen LogP contribution is 2.35. The molecule has 39 heavy (non-hydrogen) atoms. The van der Waals surface area contributed by atoms with Crippen molar-refractivity contribution in [3.8, 4) is 33.2 Å². The number of thiophene rings is 1. The molecule has 1 saturated carbocycles. The zero-order chi connectivity index (χ0) is 26.3. The second-order valence-electron chi connectivity index (χ2n) is 9.89. The number of halogens is 2. The predicted molar refractivity (Wildman–Crippen MR) is 147 cm³/mol. The number of aromatic nitrogens is 7. The standard InChI is InChI=1S/C28H24F2N8S/c29-21-6-5-20(39-21)18-7-8-33-27-25(18)35-28(36-27)26-22-19(37-38-26)14-34-24(23(22)30)17-9-16(12-32-13-17)11-31-10-15-3-1-2-4-15/h5-9,12-15,31H,1-4,10-11H2,(H,37,38)(H,33,35,36). The maximum absolute atomic E-state index is 16.1. The van der Waals surface area contributed by atoms with Gasteiger partial charge in [0.05, 0.1) is 22.6 Å². The van der Waals surface area contributed by atoms with Gasteiger partial charge in [0.15, 0.2) is 22.4 Å². The average molecular weight is 543 g/mol. The minimum atomic E-state index is -0.511. The number of rotatable bonds is 7. The van der Waals surface area contributed by atoms with Gasteiger partial charge < -0.3 is 10.3 Å². The molecular weight excluding hydrogens is 518 g/mol. The highest BCUT2D eigenvalue weighted by molar-refractivity contribution is 7.14. The quantitative estimate of drug-likeness (QED) is 0.220. The molecule has 6 heterocycles. The lowest BCUT2D eigenvalue weighted by atomic mass is 10.1. The second kappa shape index (κ2) is 9.90. The van der Waals surface area contributed by atoms with Gasteiger partial charge in [0.25, 0.3) is 0 Å². The zero-order valence-corrected chi connectivity index (χ0v) is 21.7. The first kappa shape index (κ1) is 24.0. The lowest BCUT2D eigenvalue weighted by Crippen LogP contribution is -2.20. The van der Waals surface area contributed by atoms with Gasteiger partial charge in [0.2, 0.25) is 0 Å². The van der Waals surface area contributed by atoms with Crippen LogP contribution in [0.2, 0.25) is 0 Å². The van der Waals surface area contributed by atoms with E-state index in [0.717, 1.165) is 39.8 Å². The van der Waals surface area contributed by atoms with Crippen molar-refractivity contribution in [2.24, 2.45) is 5.92 Å². The number of hydrogen-bond donors (Lipinski definition) is 3. The van der Waals surface area contributed by atoms with Crippen LogP contribution in [0.25, 0.3) is 55.3 Å². The lowest BCUT2D eigenvalue weighted by Gasteiger charge is -2.11. The molecule has 7 rings (SSSR count). The maximum atomic E-state index is 16.1. The number of fused-ring (bicyclic) bond motifs is 2. The Kier molecular flexibility index (Phi) is 6.09. The number of hydrogen-bond acceptors (Lipinski definition) is 7. The largest absolute Gasteiger partial charge is 0.335 e.